The van der Waals surface area contributed by atoms with Gasteiger partial charge in [0.15, 0.2) is 0 Å². The van der Waals surface area contributed by atoms with Crippen LogP contribution in [0.1, 0.15) is 100.0 Å². The van der Waals surface area contributed by atoms with E-state index >= 15 is 0 Å². The fourth-order valence-electron chi connectivity index (χ4n) is 4.21. The Balaban J connectivity index is 2.80. The van der Waals surface area contributed by atoms with Gasteiger partial charge in [0.1, 0.15) is 22.8 Å². The Hall–Kier alpha value is -2.34. The van der Waals surface area contributed by atoms with Gasteiger partial charge in [-0.1, -0.05) is 0 Å². The van der Waals surface area contributed by atoms with Crippen molar-refractivity contribution in [3.8, 4) is 0 Å². The van der Waals surface area contributed by atoms with Crippen molar-refractivity contribution in [2.45, 2.75) is 145 Å². The third kappa shape index (κ3) is 19.0. The summed E-state index contributed by atoms with van der Waals surface area (Å²) in [5.41, 5.74) is -0.997. The number of hydrogen-bond acceptors (Lipinski definition) is 8. The quantitative estimate of drug-likeness (QED) is 0.0952. The first-order valence-electron chi connectivity index (χ1n) is 16.0. The average molecular weight is 741 g/mol. The number of hydrogen-bond donors (Lipinski definition) is 3. The van der Waals surface area contributed by atoms with E-state index in [2.05, 4.69) is 55.0 Å². The molecule has 0 saturated carbocycles. The monoisotopic (exact) mass is 741 g/mol. The summed E-state index contributed by atoms with van der Waals surface area (Å²) in [6.45, 7) is 17.2. The van der Waals surface area contributed by atoms with Crippen molar-refractivity contribution in [3.63, 3.8) is 0 Å². The first kappa shape index (κ1) is 40.7. The van der Waals surface area contributed by atoms with Crippen LogP contribution in [-0.2, 0) is 35.1 Å². The molecule has 3 N–H and O–H groups in total. The smallest absolute Gasteiger partial charge is 0.458 e. The van der Waals surface area contributed by atoms with Crippen molar-refractivity contribution in [1.29, 1.82) is 0 Å². The molecule has 2 unspecified atom stereocenters. The third-order valence-corrected chi connectivity index (χ3v) is 12.2. The van der Waals surface area contributed by atoms with Gasteiger partial charge >= 0.3 is 140 Å². The maximum atomic E-state index is 13.1. The predicted octanol–water partition coefficient (Wildman–Crippen LogP) is 5.33. The van der Waals surface area contributed by atoms with Gasteiger partial charge in [0, 0.05) is 6.42 Å². The van der Waals surface area contributed by atoms with E-state index in [1.165, 1.54) is 9.14 Å². The van der Waals surface area contributed by atoms with Gasteiger partial charge in [-0.15, -0.1) is 0 Å². The van der Waals surface area contributed by atoms with Crippen LogP contribution < -0.4 is 19.5 Å². The van der Waals surface area contributed by atoms with Crippen LogP contribution in [0.25, 0.3) is 0 Å². The van der Waals surface area contributed by atoms with Crippen LogP contribution in [0.15, 0.2) is 24.3 Å². The molecule has 10 nitrogen and oxygen atoms in total. The van der Waals surface area contributed by atoms with E-state index in [-0.39, 0.29) is 12.8 Å². The molecule has 0 saturated heterocycles. The van der Waals surface area contributed by atoms with Gasteiger partial charge in [0.25, 0.3) is 0 Å². The second-order valence-electron chi connectivity index (χ2n) is 15.5. The molecule has 45 heavy (non-hydrogen) atoms. The van der Waals surface area contributed by atoms with Gasteiger partial charge < -0.3 is 19.5 Å². The summed E-state index contributed by atoms with van der Waals surface area (Å²) in [5, 5.41) is 8.73. The van der Waals surface area contributed by atoms with E-state index in [4.69, 9.17) is 14.2 Å². The van der Waals surface area contributed by atoms with Gasteiger partial charge in [-0.2, -0.15) is 0 Å². The molecule has 0 aliphatic carbocycles. The van der Waals surface area contributed by atoms with Crippen LogP contribution in [0.2, 0.25) is 14.8 Å². The molecule has 1 rings (SSSR count). The number of rotatable bonds is 15. The van der Waals surface area contributed by atoms with Crippen LogP contribution >= 0.6 is 0 Å². The van der Waals surface area contributed by atoms with E-state index in [1.807, 2.05) is 0 Å². The molecule has 0 aromatic heterocycles. The second-order valence-corrected chi connectivity index (χ2v) is 30.0. The molecule has 1 aromatic carbocycles. The van der Waals surface area contributed by atoms with Gasteiger partial charge in [0.05, 0.1) is 0 Å². The standard InChI is InChI=1S/C31H50N3O7.3CH3.Sn/c1-29(2,3)39-25(35)19-18-24(27(37)41-31(7,8)9)34-28(38)33-23(26(36)40-30(4,5)6)17-13-14-20-32-21-22-15-11-10-12-16-22;;;;/h11-12,15-16,23-24,32H,13-14,17-21H2,1-9H3,(H2,33,34,38);3*1H3;. The van der Waals surface area contributed by atoms with Crippen molar-refractivity contribution in [2.24, 2.45) is 0 Å². The number of esters is 3. The summed E-state index contributed by atoms with van der Waals surface area (Å²) in [4.78, 5) is 58.6. The number of urea groups is 1. The van der Waals surface area contributed by atoms with Crippen molar-refractivity contribution >= 4 is 45.9 Å². The Morgan fingerprint density at radius 3 is 1.60 bits per heavy atom. The molecule has 0 aliphatic rings. The van der Waals surface area contributed by atoms with Gasteiger partial charge in [0.2, 0.25) is 0 Å². The molecular weight excluding hydrogens is 681 g/mol. The minimum Gasteiger partial charge on any atom is -0.458 e. The minimum atomic E-state index is -2.06. The maximum absolute atomic E-state index is 13.1. The normalized spacial score (nSPS) is 13.8. The van der Waals surface area contributed by atoms with E-state index in [0.717, 1.165) is 19.5 Å². The van der Waals surface area contributed by atoms with Gasteiger partial charge in [-0.05, 0) is 68.7 Å². The predicted molar refractivity (Wildman–Crippen MR) is 181 cm³/mol. The van der Waals surface area contributed by atoms with Crippen LogP contribution in [0.3, 0.4) is 0 Å². The molecule has 11 heteroatoms. The molecule has 2 amide bonds. The van der Waals surface area contributed by atoms with Crippen LogP contribution in [-0.4, -0.2) is 77.7 Å². The van der Waals surface area contributed by atoms with Gasteiger partial charge in [-0.3, -0.25) is 4.79 Å². The Morgan fingerprint density at radius 1 is 0.689 bits per heavy atom. The first-order chi connectivity index (χ1) is 20.4. The van der Waals surface area contributed by atoms with E-state index in [1.54, 1.807) is 62.3 Å². The fourth-order valence-corrected chi connectivity index (χ4v) is 7.54. The number of amides is 2. The Bertz CT molecular complexity index is 1110. The Kier molecular flexibility index (Phi) is 15.9. The molecule has 2 atom stereocenters. The molecule has 256 valence electrons. The zero-order valence-electron chi connectivity index (χ0n) is 29.8. The van der Waals surface area contributed by atoms with E-state index in [9.17, 15) is 19.2 Å². The molecule has 0 fully saturated rings. The summed E-state index contributed by atoms with van der Waals surface area (Å²) >= 11 is -2.06. The van der Waals surface area contributed by atoms with Crippen molar-refractivity contribution in [2.75, 3.05) is 6.54 Å². The molecular formula is C34H59N3O7Sn. The van der Waals surface area contributed by atoms with Crippen LogP contribution in [0.4, 0.5) is 4.79 Å². The number of unbranched alkanes of at least 4 members (excludes halogenated alkanes) is 1. The molecule has 0 bridgehead atoms. The minimum absolute atomic E-state index is 0.0259. The topological polar surface area (TPSA) is 132 Å². The van der Waals surface area contributed by atoms with Crippen molar-refractivity contribution in [3.05, 3.63) is 29.8 Å². The zero-order valence-corrected chi connectivity index (χ0v) is 32.6. The van der Waals surface area contributed by atoms with E-state index in [0.29, 0.717) is 12.8 Å². The average Bonchev–Trinajstić information content (AvgIpc) is 2.84. The van der Waals surface area contributed by atoms with Gasteiger partial charge in [-0.25, -0.2) is 14.4 Å². The number of benzene rings is 1. The van der Waals surface area contributed by atoms with Crippen LogP contribution in [0, 0.1) is 0 Å². The summed E-state index contributed by atoms with van der Waals surface area (Å²) < 4.78 is 17.9. The fraction of sp³-hybridized carbons (Fsp3) is 0.706. The van der Waals surface area contributed by atoms with E-state index < -0.39 is 71.2 Å². The van der Waals surface area contributed by atoms with Crippen molar-refractivity contribution < 1.29 is 33.4 Å². The van der Waals surface area contributed by atoms with Crippen LogP contribution in [0.5, 0.6) is 0 Å². The molecule has 0 radical (unpaired) electrons. The summed E-state index contributed by atoms with van der Waals surface area (Å²) in [5.74, 6) is -1.74. The molecule has 1 aromatic rings. The molecule has 0 aliphatic heterocycles. The second kappa shape index (κ2) is 17.5. The zero-order chi connectivity index (χ0) is 34.6. The third-order valence-electron chi connectivity index (χ3n) is 6.30. The summed E-state index contributed by atoms with van der Waals surface area (Å²) in [6.07, 6.45) is 1.67. The van der Waals surface area contributed by atoms with Crippen molar-refractivity contribution in [1.82, 2.24) is 16.0 Å². The first-order valence-corrected chi connectivity index (χ1v) is 26.0. The Labute approximate surface area is 275 Å². The Morgan fingerprint density at radius 2 is 1.16 bits per heavy atom. The SMILES string of the molecule is CC(C)(C)OC(=O)CCC(NC(=O)NC(CCCCNCc1cc[c]([Sn]([CH3])([CH3])[CH3])cc1)C(=O)OC(C)(C)C)C(=O)OC(C)(C)C. The number of carbonyl (C=O) groups excluding carboxylic acids is 4. The number of ether oxygens (including phenoxy) is 3. The molecule has 0 heterocycles. The number of carbonyl (C=O) groups is 4. The summed E-state index contributed by atoms with van der Waals surface area (Å²) in [7, 11) is 0. The summed E-state index contributed by atoms with van der Waals surface area (Å²) in [6, 6.07) is 6.09. The number of nitrogens with one attached hydrogen (secondary N) is 3. The molecule has 0 spiro atoms.